The molecule has 1 saturated heterocycles. The van der Waals surface area contributed by atoms with Crippen LogP contribution in [0.15, 0.2) is 18.2 Å². The molecule has 0 spiro atoms. The maximum absolute atomic E-state index is 13.8. The predicted octanol–water partition coefficient (Wildman–Crippen LogP) is 0.953. The number of hydrogen-bond acceptors (Lipinski definition) is 5. The first-order valence-electron chi connectivity index (χ1n) is 6.84. The van der Waals surface area contributed by atoms with Crippen LogP contribution in [0.5, 0.6) is 5.75 Å². The van der Waals surface area contributed by atoms with Crippen LogP contribution in [0.2, 0.25) is 0 Å². The number of benzene rings is 1. The fraction of sp³-hybridized carbons (Fsp3) is 0.571. The Balaban J connectivity index is 2.21. The molecule has 21 heavy (non-hydrogen) atoms. The normalized spacial score (nSPS) is 22.4. The summed E-state index contributed by atoms with van der Waals surface area (Å²) in [5.41, 5.74) is 6.54. The van der Waals surface area contributed by atoms with Gasteiger partial charge in [0.2, 0.25) is 0 Å². The summed E-state index contributed by atoms with van der Waals surface area (Å²) in [5.74, 6) is 0.0797. The minimum Gasteiger partial charge on any atom is -0.494 e. The number of nitrogens with zero attached hydrogens (tertiary/aromatic N) is 1. The first-order valence-corrected chi connectivity index (χ1v) is 8.66. The van der Waals surface area contributed by atoms with Gasteiger partial charge in [-0.25, -0.2) is 12.8 Å². The van der Waals surface area contributed by atoms with Gasteiger partial charge in [0, 0.05) is 18.6 Å². The summed E-state index contributed by atoms with van der Waals surface area (Å²) in [6.45, 7) is 0.290. The Bertz CT molecular complexity index is 606. The van der Waals surface area contributed by atoms with Crippen LogP contribution in [-0.4, -0.2) is 51.6 Å². The number of sulfone groups is 1. The maximum atomic E-state index is 13.8. The summed E-state index contributed by atoms with van der Waals surface area (Å²) in [6, 6.07) is 4.43. The lowest BCUT2D eigenvalue weighted by Gasteiger charge is -2.32. The maximum Gasteiger partial charge on any atom is 0.165 e. The van der Waals surface area contributed by atoms with Gasteiger partial charge in [-0.1, -0.05) is 6.07 Å². The van der Waals surface area contributed by atoms with Crippen molar-refractivity contribution in [3.05, 3.63) is 29.6 Å². The summed E-state index contributed by atoms with van der Waals surface area (Å²) in [5, 5.41) is 0. The molecule has 2 unspecified atom stereocenters. The monoisotopic (exact) mass is 316 g/mol. The van der Waals surface area contributed by atoms with E-state index >= 15 is 0 Å². The van der Waals surface area contributed by atoms with Crippen LogP contribution in [0, 0.1) is 5.82 Å². The van der Waals surface area contributed by atoms with Crippen molar-refractivity contribution in [2.24, 2.45) is 5.73 Å². The van der Waals surface area contributed by atoms with E-state index < -0.39 is 15.7 Å². The van der Waals surface area contributed by atoms with Gasteiger partial charge in [0.1, 0.15) is 0 Å². The molecule has 2 N–H and O–H groups in total. The van der Waals surface area contributed by atoms with Crippen LogP contribution in [0.25, 0.3) is 0 Å². The van der Waals surface area contributed by atoms with Crippen LogP contribution < -0.4 is 10.5 Å². The molecular weight excluding hydrogens is 295 g/mol. The number of ether oxygens (including phenoxy) is 1. The third kappa shape index (κ3) is 3.53. The largest absolute Gasteiger partial charge is 0.494 e. The van der Waals surface area contributed by atoms with Crippen molar-refractivity contribution >= 4 is 9.84 Å². The van der Waals surface area contributed by atoms with E-state index in [-0.39, 0.29) is 29.3 Å². The summed E-state index contributed by atoms with van der Waals surface area (Å²) in [6.07, 6.45) is 0.591. The highest BCUT2D eigenvalue weighted by molar-refractivity contribution is 7.91. The summed E-state index contributed by atoms with van der Waals surface area (Å²) < 4.78 is 41.9. The number of nitrogens with two attached hydrogens (primary N) is 1. The van der Waals surface area contributed by atoms with Crippen molar-refractivity contribution in [1.29, 1.82) is 0 Å². The van der Waals surface area contributed by atoms with Crippen molar-refractivity contribution < 1.29 is 17.5 Å². The van der Waals surface area contributed by atoms with E-state index in [1.54, 1.807) is 12.1 Å². The zero-order chi connectivity index (χ0) is 15.6. The lowest BCUT2D eigenvalue weighted by molar-refractivity contribution is 0.192. The smallest absolute Gasteiger partial charge is 0.165 e. The number of halogens is 1. The Hall–Kier alpha value is -1.18. The second-order valence-corrected chi connectivity index (χ2v) is 7.60. The van der Waals surface area contributed by atoms with Gasteiger partial charge in [0.25, 0.3) is 0 Å². The van der Waals surface area contributed by atoms with Crippen LogP contribution in [0.3, 0.4) is 0 Å². The Morgan fingerprint density at radius 2 is 2.24 bits per heavy atom. The van der Waals surface area contributed by atoms with Crippen molar-refractivity contribution in [3.8, 4) is 5.75 Å². The molecular formula is C14H21FN2O3S. The van der Waals surface area contributed by atoms with Crippen LogP contribution >= 0.6 is 0 Å². The van der Waals surface area contributed by atoms with Gasteiger partial charge < -0.3 is 10.5 Å². The third-order valence-electron chi connectivity index (χ3n) is 4.06. The lowest BCUT2D eigenvalue weighted by Crippen LogP contribution is -2.39. The standard InChI is InChI=1S/C14H21FN2O3S/c1-17(11-5-6-21(18,19)9-11)13(8-16)10-3-4-14(20-2)12(15)7-10/h3-4,7,11,13H,5-6,8-9,16H2,1-2H3. The molecule has 0 amide bonds. The number of hydrogen-bond donors (Lipinski definition) is 1. The van der Waals surface area contributed by atoms with Gasteiger partial charge in [-0.15, -0.1) is 0 Å². The SMILES string of the molecule is COc1ccc(C(CN)N(C)C2CCS(=O)(=O)C2)cc1F. The fourth-order valence-electron chi connectivity index (χ4n) is 2.78. The van der Waals surface area contributed by atoms with Crippen molar-refractivity contribution in [2.75, 3.05) is 32.2 Å². The Morgan fingerprint density at radius 3 is 2.71 bits per heavy atom. The van der Waals surface area contributed by atoms with Gasteiger partial charge in [0.05, 0.1) is 18.6 Å². The van der Waals surface area contributed by atoms with Crippen LogP contribution in [0.1, 0.15) is 18.0 Å². The molecule has 0 aromatic heterocycles. The van der Waals surface area contributed by atoms with Gasteiger partial charge >= 0.3 is 0 Å². The minimum absolute atomic E-state index is 0.0753. The topological polar surface area (TPSA) is 72.6 Å². The number of methoxy groups -OCH3 is 1. The molecule has 7 heteroatoms. The minimum atomic E-state index is -2.96. The van der Waals surface area contributed by atoms with E-state index in [1.807, 2.05) is 11.9 Å². The first kappa shape index (κ1) is 16.2. The quantitative estimate of drug-likeness (QED) is 0.876. The molecule has 0 bridgehead atoms. The van der Waals surface area contributed by atoms with Crippen molar-refractivity contribution in [1.82, 2.24) is 4.90 Å². The highest BCUT2D eigenvalue weighted by atomic mass is 32.2. The predicted molar refractivity (Wildman–Crippen MR) is 79.6 cm³/mol. The molecule has 1 heterocycles. The second-order valence-electron chi connectivity index (χ2n) is 5.37. The van der Waals surface area contributed by atoms with Crippen LogP contribution in [0.4, 0.5) is 4.39 Å². The lowest BCUT2D eigenvalue weighted by atomic mass is 10.0. The number of rotatable bonds is 5. The summed E-state index contributed by atoms with van der Waals surface area (Å²) >= 11 is 0. The molecule has 2 atom stereocenters. The molecule has 1 aliphatic rings. The molecule has 0 saturated carbocycles. The molecule has 5 nitrogen and oxygen atoms in total. The zero-order valence-electron chi connectivity index (χ0n) is 12.3. The van der Waals surface area contributed by atoms with Gasteiger partial charge in [-0.2, -0.15) is 0 Å². The summed E-state index contributed by atoms with van der Waals surface area (Å²) in [7, 11) is 0.289. The van der Waals surface area contributed by atoms with E-state index in [9.17, 15) is 12.8 Å². The second kappa shape index (κ2) is 6.29. The first-order chi connectivity index (χ1) is 9.88. The van der Waals surface area contributed by atoms with Gasteiger partial charge in [-0.3, -0.25) is 4.90 Å². The molecule has 1 aliphatic heterocycles. The Labute approximate surface area is 124 Å². The van der Waals surface area contributed by atoms with E-state index in [0.717, 1.165) is 5.56 Å². The molecule has 2 rings (SSSR count). The van der Waals surface area contributed by atoms with Crippen LogP contribution in [-0.2, 0) is 9.84 Å². The molecule has 1 aromatic carbocycles. The molecule has 1 fully saturated rings. The van der Waals surface area contributed by atoms with E-state index in [2.05, 4.69) is 0 Å². The molecule has 118 valence electrons. The highest BCUT2D eigenvalue weighted by Gasteiger charge is 2.33. The number of likely N-dealkylation sites (N-methyl/N-ethyl adjacent to an activating group) is 1. The third-order valence-corrected chi connectivity index (χ3v) is 5.81. The zero-order valence-corrected chi connectivity index (χ0v) is 13.1. The Morgan fingerprint density at radius 1 is 1.52 bits per heavy atom. The van der Waals surface area contributed by atoms with E-state index in [1.165, 1.54) is 13.2 Å². The van der Waals surface area contributed by atoms with E-state index in [4.69, 9.17) is 10.5 Å². The Kier molecular flexibility index (Phi) is 4.85. The van der Waals surface area contributed by atoms with Gasteiger partial charge in [0.15, 0.2) is 21.4 Å². The average Bonchev–Trinajstić information content (AvgIpc) is 2.80. The van der Waals surface area contributed by atoms with E-state index in [0.29, 0.717) is 13.0 Å². The highest BCUT2D eigenvalue weighted by Crippen LogP contribution is 2.28. The fourth-order valence-corrected chi connectivity index (χ4v) is 4.56. The van der Waals surface area contributed by atoms with Gasteiger partial charge in [-0.05, 0) is 31.2 Å². The van der Waals surface area contributed by atoms with Crippen molar-refractivity contribution in [2.45, 2.75) is 18.5 Å². The molecule has 0 aliphatic carbocycles. The average molecular weight is 316 g/mol. The molecule has 0 radical (unpaired) electrons. The molecule has 1 aromatic rings. The summed E-state index contributed by atoms with van der Waals surface area (Å²) in [4.78, 5) is 1.94. The van der Waals surface area contributed by atoms with Crippen molar-refractivity contribution in [3.63, 3.8) is 0 Å².